The third kappa shape index (κ3) is 4.21. The molecule has 0 unspecified atom stereocenters. The molecule has 1 saturated carbocycles. The molecule has 1 aromatic rings. The first-order valence-corrected chi connectivity index (χ1v) is 7.45. The lowest BCUT2D eigenvalue weighted by molar-refractivity contribution is 0.0389. The number of ether oxygens (including phenoxy) is 1. The molecule has 0 spiro atoms. The molecular formula is C15H19BrO2. The van der Waals surface area contributed by atoms with Gasteiger partial charge in [-0.1, -0.05) is 53.7 Å². The number of carbonyl (C=O) groups is 1. The SMILES string of the molecule is O=C(COC1CCCCCC1)c1ccc(Br)cc1. The van der Waals surface area contributed by atoms with E-state index >= 15 is 0 Å². The van der Waals surface area contributed by atoms with E-state index < -0.39 is 0 Å². The second-order valence-corrected chi connectivity index (χ2v) is 5.77. The summed E-state index contributed by atoms with van der Waals surface area (Å²) < 4.78 is 6.74. The molecule has 0 bridgehead atoms. The molecule has 1 fully saturated rings. The third-order valence-corrected chi connectivity index (χ3v) is 3.95. The zero-order valence-electron chi connectivity index (χ0n) is 10.5. The number of benzene rings is 1. The van der Waals surface area contributed by atoms with Crippen LogP contribution in [0.4, 0.5) is 0 Å². The molecule has 0 aliphatic heterocycles. The highest BCUT2D eigenvalue weighted by atomic mass is 79.9. The van der Waals surface area contributed by atoms with Gasteiger partial charge in [-0.15, -0.1) is 0 Å². The fourth-order valence-corrected chi connectivity index (χ4v) is 2.59. The van der Waals surface area contributed by atoms with Crippen molar-refractivity contribution in [2.75, 3.05) is 6.61 Å². The molecule has 18 heavy (non-hydrogen) atoms. The molecule has 0 atom stereocenters. The van der Waals surface area contributed by atoms with Gasteiger partial charge >= 0.3 is 0 Å². The number of halogens is 1. The predicted octanol–water partition coefficient (Wildman–Crippen LogP) is 4.37. The van der Waals surface area contributed by atoms with Gasteiger partial charge in [0.25, 0.3) is 0 Å². The number of hydrogen-bond donors (Lipinski definition) is 0. The average molecular weight is 311 g/mol. The second-order valence-electron chi connectivity index (χ2n) is 4.85. The van der Waals surface area contributed by atoms with Crippen LogP contribution in [-0.4, -0.2) is 18.5 Å². The van der Waals surface area contributed by atoms with Gasteiger partial charge in [-0.3, -0.25) is 4.79 Å². The molecule has 0 radical (unpaired) electrons. The summed E-state index contributed by atoms with van der Waals surface area (Å²) in [4.78, 5) is 11.9. The van der Waals surface area contributed by atoms with Crippen LogP contribution in [0.15, 0.2) is 28.7 Å². The first kappa shape index (κ1) is 13.8. The summed E-state index contributed by atoms with van der Waals surface area (Å²) >= 11 is 3.36. The van der Waals surface area contributed by atoms with Gasteiger partial charge in [0, 0.05) is 10.0 Å². The molecule has 0 N–H and O–H groups in total. The van der Waals surface area contributed by atoms with Crippen LogP contribution in [0.5, 0.6) is 0 Å². The molecule has 1 aromatic carbocycles. The van der Waals surface area contributed by atoms with E-state index in [2.05, 4.69) is 15.9 Å². The van der Waals surface area contributed by atoms with E-state index in [4.69, 9.17) is 4.74 Å². The van der Waals surface area contributed by atoms with Crippen LogP contribution in [0.2, 0.25) is 0 Å². The number of Topliss-reactive ketones (excluding diaryl/α,β-unsaturated/α-hetero) is 1. The van der Waals surface area contributed by atoms with E-state index in [0.29, 0.717) is 0 Å². The molecule has 3 heteroatoms. The summed E-state index contributed by atoms with van der Waals surface area (Å²) in [6.45, 7) is 0.215. The van der Waals surface area contributed by atoms with E-state index in [0.717, 1.165) is 22.9 Å². The van der Waals surface area contributed by atoms with Crippen molar-refractivity contribution in [2.45, 2.75) is 44.6 Å². The second kappa shape index (κ2) is 7.05. The van der Waals surface area contributed by atoms with E-state index in [1.165, 1.54) is 25.7 Å². The molecule has 0 aromatic heterocycles. The highest BCUT2D eigenvalue weighted by molar-refractivity contribution is 9.10. The monoisotopic (exact) mass is 310 g/mol. The zero-order chi connectivity index (χ0) is 12.8. The third-order valence-electron chi connectivity index (χ3n) is 3.42. The topological polar surface area (TPSA) is 26.3 Å². The van der Waals surface area contributed by atoms with Crippen molar-refractivity contribution in [1.29, 1.82) is 0 Å². The van der Waals surface area contributed by atoms with E-state index in [1.54, 1.807) is 0 Å². The quantitative estimate of drug-likeness (QED) is 0.609. The predicted molar refractivity (Wildman–Crippen MR) is 75.9 cm³/mol. The summed E-state index contributed by atoms with van der Waals surface area (Å²) in [7, 11) is 0. The molecule has 0 amide bonds. The molecule has 98 valence electrons. The lowest BCUT2D eigenvalue weighted by atomic mass is 10.1. The van der Waals surface area contributed by atoms with Gasteiger partial charge in [0.05, 0.1) is 6.10 Å². The van der Waals surface area contributed by atoms with Crippen LogP contribution in [0.3, 0.4) is 0 Å². The Kier molecular flexibility index (Phi) is 5.39. The minimum absolute atomic E-state index is 0.0757. The maximum atomic E-state index is 11.9. The van der Waals surface area contributed by atoms with Crippen molar-refractivity contribution in [3.05, 3.63) is 34.3 Å². The summed E-state index contributed by atoms with van der Waals surface area (Å²) in [6.07, 6.45) is 7.57. The van der Waals surface area contributed by atoms with Crippen LogP contribution in [0, 0.1) is 0 Å². The van der Waals surface area contributed by atoms with E-state index in [-0.39, 0.29) is 18.5 Å². The van der Waals surface area contributed by atoms with Gasteiger partial charge in [0.15, 0.2) is 5.78 Å². The first-order valence-electron chi connectivity index (χ1n) is 6.66. The average Bonchev–Trinajstić information content (AvgIpc) is 2.65. The van der Waals surface area contributed by atoms with Crippen molar-refractivity contribution in [2.24, 2.45) is 0 Å². The Hall–Kier alpha value is -0.670. The van der Waals surface area contributed by atoms with Crippen molar-refractivity contribution in [3.63, 3.8) is 0 Å². The molecule has 2 nitrogen and oxygen atoms in total. The van der Waals surface area contributed by atoms with Crippen molar-refractivity contribution in [1.82, 2.24) is 0 Å². The fraction of sp³-hybridized carbons (Fsp3) is 0.533. The number of rotatable bonds is 4. The van der Waals surface area contributed by atoms with Crippen LogP contribution in [0.25, 0.3) is 0 Å². The van der Waals surface area contributed by atoms with Gasteiger partial charge in [0.2, 0.25) is 0 Å². The Morgan fingerprint density at radius 1 is 1.11 bits per heavy atom. The normalized spacial score (nSPS) is 17.4. The lowest BCUT2D eigenvalue weighted by Gasteiger charge is -2.14. The molecule has 2 rings (SSSR count). The largest absolute Gasteiger partial charge is 0.370 e. The summed E-state index contributed by atoms with van der Waals surface area (Å²) in [5.74, 6) is 0.0757. The maximum absolute atomic E-state index is 11.9. The Bertz CT molecular complexity index is 378. The summed E-state index contributed by atoms with van der Waals surface area (Å²) in [6, 6.07) is 7.45. The van der Waals surface area contributed by atoms with E-state index in [1.807, 2.05) is 24.3 Å². The van der Waals surface area contributed by atoms with Crippen LogP contribution in [-0.2, 0) is 4.74 Å². The van der Waals surface area contributed by atoms with Crippen LogP contribution >= 0.6 is 15.9 Å². The van der Waals surface area contributed by atoms with Crippen molar-refractivity contribution in [3.8, 4) is 0 Å². The molecule has 1 aliphatic rings. The van der Waals surface area contributed by atoms with Crippen LogP contribution in [0.1, 0.15) is 48.9 Å². The first-order chi connectivity index (χ1) is 8.75. The molecular weight excluding hydrogens is 292 g/mol. The highest BCUT2D eigenvalue weighted by Gasteiger charge is 2.14. The van der Waals surface area contributed by atoms with Gasteiger partial charge in [-0.2, -0.15) is 0 Å². The minimum Gasteiger partial charge on any atom is -0.370 e. The Morgan fingerprint density at radius 3 is 2.33 bits per heavy atom. The van der Waals surface area contributed by atoms with Crippen molar-refractivity contribution < 1.29 is 9.53 Å². The zero-order valence-corrected chi connectivity index (χ0v) is 12.1. The summed E-state index contributed by atoms with van der Waals surface area (Å²) in [5, 5.41) is 0. The maximum Gasteiger partial charge on any atom is 0.188 e. The Balaban J connectivity index is 1.82. The number of hydrogen-bond acceptors (Lipinski definition) is 2. The van der Waals surface area contributed by atoms with Gasteiger partial charge in [-0.25, -0.2) is 0 Å². The lowest BCUT2D eigenvalue weighted by Crippen LogP contribution is -2.18. The minimum atomic E-state index is 0.0757. The standard InChI is InChI=1S/C15H19BrO2/c16-13-9-7-12(8-10-13)15(17)11-18-14-5-3-1-2-4-6-14/h7-10,14H,1-6,11H2. The van der Waals surface area contributed by atoms with Crippen LogP contribution < -0.4 is 0 Å². The number of carbonyl (C=O) groups excluding carboxylic acids is 1. The Morgan fingerprint density at radius 2 is 1.72 bits per heavy atom. The number of ketones is 1. The van der Waals surface area contributed by atoms with Gasteiger partial charge in [-0.05, 0) is 25.0 Å². The Labute approximate surface area is 117 Å². The molecule has 1 aliphatic carbocycles. The highest BCUT2D eigenvalue weighted by Crippen LogP contribution is 2.20. The van der Waals surface area contributed by atoms with Gasteiger partial charge in [0.1, 0.15) is 6.61 Å². The van der Waals surface area contributed by atoms with E-state index in [9.17, 15) is 4.79 Å². The van der Waals surface area contributed by atoms with Crippen molar-refractivity contribution >= 4 is 21.7 Å². The fourth-order valence-electron chi connectivity index (χ4n) is 2.32. The van der Waals surface area contributed by atoms with Gasteiger partial charge < -0.3 is 4.74 Å². The molecule has 0 heterocycles. The molecule has 0 saturated heterocycles. The summed E-state index contributed by atoms with van der Waals surface area (Å²) in [5.41, 5.74) is 0.729. The smallest absolute Gasteiger partial charge is 0.188 e.